The van der Waals surface area contributed by atoms with E-state index in [0.29, 0.717) is 184 Å². The van der Waals surface area contributed by atoms with Crippen LogP contribution in [0, 0.1) is 0 Å². The van der Waals surface area contributed by atoms with Gasteiger partial charge in [-0.3, -0.25) is 4.79 Å². The summed E-state index contributed by atoms with van der Waals surface area (Å²) in [6, 6.07) is 23.7. The number of anilines is 1. The van der Waals surface area contributed by atoms with Crippen molar-refractivity contribution in [2.24, 2.45) is 0 Å². The van der Waals surface area contributed by atoms with Crippen molar-refractivity contribution >= 4 is 17.7 Å². The number of hydrogen-bond donors (Lipinski definition) is 1. The molecule has 18 nitrogen and oxygen atoms in total. The fraction of sp³-hybridized carbons (Fsp3) is 0.600. The molecule has 0 atom stereocenters. The van der Waals surface area contributed by atoms with E-state index in [0.717, 1.165) is 5.69 Å². The molecule has 0 saturated heterocycles. The zero-order chi connectivity index (χ0) is 48.0. The normalized spacial score (nSPS) is 12.0. The summed E-state index contributed by atoms with van der Waals surface area (Å²) in [6.45, 7) is 13.8. The van der Waals surface area contributed by atoms with Crippen molar-refractivity contribution in [2.45, 2.75) is 12.8 Å². The van der Waals surface area contributed by atoms with Crippen LogP contribution in [0.5, 0.6) is 5.75 Å². The van der Waals surface area contributed by atoms with Gasteiger partial charge in [0.05, 0.1) is 159 Å². The quantitative estimate of drug-likeness (QED) is 0.0740. The van der Waals surface area contributed by atoms with Gasteiger partial charge >= 0.3 is 6.09 Å². The first kappa shape index (κ1) is 56.3. The maximum atomic E-state index is 12.6. The average Bonchev–Trinajstić information content (AvgIpc) is 3.67. The second-order valence-electron chi connectivity index (χ2n) is 15.1. The second-order valence-corrected chi connectivity index (χ2v) is 15.1. The summed E-state index contributed by atoms with van der Waals surface area (Å²) >= 11 is 0. The molecule has 1 N–H and O–H groups in total. The highest BCUT2D eigenvalue weighted by molar-refractivity contribution is 5.88. The lowest BCUT2D eigenvalue weighted by Gasteiger charge is -2.19. The summed E-state index contributed by atoms with van der Waals surface area (Å²) in [5, 5.41) is 2.71. The summed E-state index contributed by atoms with van der Waals surface area (Å²) < 4.78 is 77.7. The first-order valence-electron chi connectivity index (χ1n) is 23.5. The Morgan fingerprint density at radius 1 is 0.441 bits per heavy atom. The molecule has 0 bridgehead atoms. The molecule has 0 spiro atoms. The predicted molar refractivity (Wildman–Crippen MR) is 254 cm³/mol. The highest BCUT2D eigenvalue weighted by atomic mass is 16.6. The van der Waals surface area contributed by atoms with Gasteiger partial charge in [0.25, 0.3) is 0 Å². The highest BCUT2D eigenvalue weighted by Gasteiger charge is 2.29. The van der Waals surface area contributed by atoms with Gasteiger partial charge in [-0.05, 0) is 46.5 Å². The summed E-state index contributed by atoms with van der Waals surface area (Å²) in [5.74, 6) is 0.631. The van der Waals surface area contributed by atoms with Crippen molar-refractivity contribution in [3.63, 3.8) is 0 Å². The molecule has 1 aliphatic carbocycles. The lowest BCUT2D eigenvalue weighted by Crippen LogP contribution is -2.32. The first-order chi connectivity index (χ1) is 33.5. The van der Waals surface area contributed by atoms with E-state index >= 15 is 0 Å². The molecule has 0 unspecified atom stereocenters. The third-order valence-electron chi connectivity index (χ3n) is 9.98. The minimum atomic E-state index is -0.369. The molecular formula is C50H74N2O16. The maximum Gasteiger partial charge on any atom is 0.409 e. The number of carbonyl (C=O) groups is 2. The van der Waals surface area contributed by atoms with Crippen LogP contribution in [-0.4, -0.2) is 202 Å². The first-order valence-corrected chi connectivity index (χ1v) is 23.5. The van der Waals surface area contributed by atoms with E-state index in [-0.39, 0.29) is 17.9 Å². The molecule has 68 heavy (non-hydrogen) atoms. The molecule has 1 aliphatic rings. The molecule has 3 aromatic rings. The molecule has 0 aromatic heterocycles. The van der Waals surface area contributed by atoms with Gasteiger partial charge in [-0.25, -0.2) is 4.79 Å². The molecule has 0 radical (unpaired) electrons. The van der Waals surface area contributed by atoms with E-state index < -0.39 is 0 Å². The second kappa shape index (κ2) is 37.6. The fourth-order valence-corrected chi connectivity index (χ4v) is 6.57. The smallest absolute Gasteiger partial charge is 0.409 e. The maximum absolute atomic E-state index is 12.6. The number of rotatable bonds is 43. The Morgan fingerprint density at radius 2 is 0.765 bits per heavy atom. The lowest BCUT2D eigenvalue weighted by atomic mass is 9.98. The van der Waals surface area contributed by atoms with Gasteiger partial charge in [-0.2, -0.15) is 0 Å². The highest BCUT2D eigenvalue weighted by Crippen LogP contribution is 2.44. The van der Waals surface area contributed by atoms with Crippen LogP contribution in [-0.2, 0) is 66.4 Å². The number of fused-ring (bicyclic) bond motifs is 3. The van der Waals surface area contributed by atoms with E-state index in [1.807, 2.05) is 24.3 Å². The monoisotopic (exact) mass is 959 g/mol. The summed E-state index contributed by atoms with van der Waals surface area (Å²) in [6.07, 6.45) is -0.369. The van der Waals surface area contributed by atoms with Crippen molar-refractivity contribution in [3.8, 4) is 16.9 Å². The standard InChI is InChI=1S/C50H74N2O16/c1-42(53)51-43-11-13-44(14-12-43)67-40-39-66-38-37-65-36-35-64-34-33-63-32-31-62-30-29-61-28-27-60-26-25-59-24-23-58-22-21-57-20-19-56-18-17-55-16-15-52(2)50(54)68-41-49-47-9-5-3-7-45(47)46-8-4-6-10-48(46)49/h3-14,49H,15-41H2,1-2H3,(H,51,53). The zero-order valence-electron chi connectivity index (χ0n) is 40.1. The Kier molecular flexibility index (Phi) is 31.1. The van der Waals surface area contributed by atoms with Gasteiger partial charge in [0.2, 0.25) is 5.91 Å². The van der Waals surface area contributed by atoms with E-state index in [1.54, 1.807) is 31.3 Å². The van der Waals surface area contributed by atoms with Crippen LogP contribution >= 0.6 is 0 Å². The lowest BCUT2D eigenvalue weighted by molar-refractivity contribution is -0.114. The van der Waals surface area contributed by atoms with Gasteiger partial charge in [-0.15, -0.1) is 0 Å². The van der Waals surface area contributed by atoms with E-state index in [1.165, 1.54) is 34.1 Å². The van der Waals surface area contributed by atoms with Crippen molar-refractivity contribution in [2.75, 3.05) is 191 Å². The molecule has 18 heteroatoms. The molecule has 0 fully saturated rings. The van der Waals surface area contributed by atoms with Crippen LogP contribution in [0.25, 0.3) is 11.1 Å². The van der Waals surface area contributed by atoms with Crippen LogP contribution in [0.3, 0.4) is 0 Å². The number of nitrogens with zero attached hydrogens (tertiary/aromatic N) is 1. The van der Waals surface area contributed by atoms with Gasteiger partial charge in [0.1, 0.15) is 19.0 Å². The Hall–Kier alpha value is -4.28. The number of hydrogen-bond acceptors (Lipinski definition) is 16. The summed E-state index contributed by atoms with van der Waals surface area (Å²) in [5.41, 5.74) is 5.51. The molecule has 4 rings (SSSR count). The fourth-order valence-electron chi connectivity index (χ4n) is 6.57. The number of carbonyl (C=O) groups excluding carboxylic acids is 2. The minimum absolute atomic E-state index is 0.0321. The molecule has 2 amide bonds. The van der Waals surface area contributed by atoms with Crippen LogP contribution in [0.2, 0.25) is 0 Å². The third kappa shape index (κ3) is 25.4. The molecule has 0 saturated carbocycles. The Labute approximate surface area is 401 Å². The Morgan fingerprint density at radius 3 is 1.12 bits per heavy atom. The van der Waals surface area contributed by atoms with E-state index in [9.17, 15) is 9.59 Å². The third-order valence-corrected chi connectivity index (χ3v) is 9.98. The van der Waals surface area contributed by atoms with E-state index in [4.69, 9.17) is 66.3 Å². The van der Waals surface area contributed by atoms with Gasteiger partial charge in [0, 0.05) is 32.1 Å². The van der Waals surface area contributed by atoms with Crippen LogP contribution in [0.4, 0.5) is 10.5 Å². The van der Waals surface area contributed by atoms with Crippen LogP contribution in [0.15, 0.2) is 72.8 Å². The van der Waals surface area contributed by atoms with Gasteiger partial charge < -0.3 is 76.5 Å². The van der Waals surface area contributed by atoms with Crippen molar-refractivity contribution in [1.29, 1.82) is 0 Å². The number of amides is 2. The molecule has 0 aliphatic heterocycles. The van der Waals surface area contributed by atoms with Crippen molar-refractivity contribution in [1.82, 2.24) is 4.90 Å². The molecular weight excluding hydrogens is 885 g/mol. The van der Waals surface area contributed by atoms with Crippen molar-refractivity contribution < 1.29 is 75.9 Å². The number of ether oxygens (including phenoxy) is 14. The van der Waals surface area contributed by atoms with Gasteiger partial charge in [-0.1, -0.05) is 48.5 Å². The molecule has 380 valence electrons. The van der Waals surface area contributed by atoms with Crippen molar-refractivity contribution in [3.05, 3.63) is 83.9 Å². The van der Waals surface area contributed by atoms with Crippen LogP contribution in [0.1, 0.15) is 24.0 Å². The van der Waals surface area contributed by atoms with Gasteiger partial charge in [0.15, 0.2) is 0 Å². The topological polar surface area (TPSA) is 179 Å². The molecule has 3 aromatic carbocycles. The Bertz CT molecular complexity index is 1690. The SMILES string of the molecule is CC(=O)Nc1ccc(OCCOCCOCCOCCOCCOCCOCCOCCOCCOCCOCCOCCOCCN(C)C(=O)OCC2c3ccccc3-c3ccccc32)cc1. The number of likely N-dealkylation sites (N-methyl/N-ethyl adjacent to an activating group) is 1. The van der Waals surface area contributed by atoms with E-state index in [2.05, 4.69) is 29.6 Å². The number of benzene rings is 3. The zero-order valence-corrected chi connectivity index (χ0v) is 40.1. The predicted octanol–water partition coefficient (Wildman–Crippen LogP) is 5.10. The largest absolute Gasteiger partial charge is 0.491 e. The summed E-state index contributed by atoms with van der Waals surface area (Å²) in [4.78, 5) is 25.2. The average molecular weight is 959 g/mol. The minimum Gasteiger partial charge on any atom is -0.491 e. The van der Waals surface area contributed by atoms with Crippen LogP contribution < -0.4 is 10.1 Å². The molecule has 0 heterocycles. The number of nitrogens with one attached hydrogen (secondary N) is 1. The summed E-state index contributed by atoms with van der Waals surface area (Å²) in [7, 11) is 1.71. The Balaban J connectivity index is 0.763.